The first-order valence-corrected chi connectivity index (χ1v) is 7.93. The maximum atomic E-state index is 11.9. The molecule has 0 bridgehead atoms. The summed E-state index contributed by atoms with van der Waals surface area (Å²) in [6, 6.07) is -0.786. The summed E-state index contributed by atoms with van der Waals surface area (Å²) in [7, 11) is 0. The normalized spacial score (nSPS) is 24.4. The fourth-order valence-electron chi connectivity index (χ4n) is 2.92. The monoisotopic (exact) mass is 283 g/mol. The molecule has 4 heteroatoms. The number of hydrogen-bond acceptors (Lipinski definition) is 2. The summed E-state index contributed by atoms with van der Waals surface area (Å²) in [6.07, 6.45) is 7.88. The lowest BCUT2D eigenvalue weighted by atomic mass is 9.79. The number of carboxylic acid groups (broad SMARTS) is 1. The van der Waals surface area contributed by atoms with Crippen LogP contribution in [0.15, 0.2) is 0 Å². The molecule has 1 aliphatic carbocycles. The molecular formula is C16H29NO3. The van der Waals surface area contributed by atoms with Crippen molar-refractivity contribution in [3.8, 4) is 0 Å². The Balaban J connectivity index is 2.24. The average molecular weight is 283 g/mol. The molecule has 20 heavy (non-hydrogen) atoms. The first kappa shape index (κ1) is 17.0. The van der Waals surface area contributed by atoms with Crippen LogP contribution in [-0.2, 0) is 9.59 Å². The molecule has 1 amide bonds. The van der Waals surface area contributed by atoms with E-state index in [1.807, 2.05) is 0 Å². The van der Waals surface area contributed by atoms with Crippen LogP contribution in [0.4, 0.5) is 0 Å². The average Bonchev–Trinajstić information content (AvgIpc) is 2.38. The van der Waals surface area contributed by atoms with Crippen LogP contribution in [0.1, 0.15) is 65.7 Å². The van der Waals surface area contributed by atoms with Crippen LogP contribution in [0.5, 0.6) is 0 Å². The summed E-state index contributed by atoms with van der Waals surface area (Å²) in [6.45, 7) is 6.02. The van der Waals surface area contributed by atoms with Crippen LogP contribution in [0, 0.1) is 17.8 Å². The predicted molar refractivity (Wildman–Crippen MR) is 79.4 cm³/mol. The molecule has 0 aromatic rings. The van der Waals surface area contributed by atoms with E-state index < -0.39 is 12.0 Å². The van der Waals surface area contributed by atoms with Crippen LogP contribution in [0.25, 0.3) is 0 Å². The van der Waals surface area contributed by atoms with Gasteiger partial charge < -0.3 is 10.4 Å². The van der Waals surface area contributed by atoms with E-state index in [-0.39, 0.29) is 11.8 Å². The van der Waals surface area contributed by atoms with Crippen molar-refractivity contribution in [2.24, 2.45) is 17.8 Å². The van der Waals surface area contributed by atoms with Crippen molar-refractivity contribution in [3.63, 3.8) is 0 Å². The van der Waals surface area contributed by atoms with E-state index in [1.54, 1.807) is 0 Å². The lowest BCUT2D eigenvalue weighted by Crippen LogP contribution is -2.42. The zero-order valence-corrected chi connectivity index (χ0v) is 13.0. The van der Waals surface area contributed by atoms with Crippen molar-refractivity contribution in [2.75, 3.05) is 0 Å². The highest BCUT2D eigenvalue weighted by Gasteiger charge is 2.27. The van der Waals surface area contributed by atoms with Gasteiger partial charge in [0.25, 0.3) is 0 Å². The molecule has 0 aromatic heterocycles. The Morgan fingerprint density at radius 2 is 1.75 bits per heavy atom. The van der Waals surface area contributed by atoms with Gasteiger partial charge in [0.2, 0.25) is 5.91 Å². The minimum Gasteiger partial charge on any atom is -0.480 e. The first-order valence-electron chi connectivity index (χ1n) is 7.93. The van der Waals surface area contributed by atoms with Gasteiger partial charge in [0, 0.05) is 5.92 Å². The summed E-state index contributed by atoms with van der Waals surface area (Å²) < 4.78 is 0. The van der Waals surface area contributed by atoms with Crippen molar-refractivity contribution in [2.45, 2.75) is 71.8 Å². The largest absolute Gasteiger partial charge is 0.480 e. The van der Waals surface area contributed by atoms with Gasteiger partial charge in [-0.3, -0.25) is 9.59 Å². The molecule has 0 aliphatic heterocycles. The highest BCUT2D eigenvalue weighted by atomic mass is 16.4. The fraction of sp³-hybridized carbons (Fsp3) is 0.875. The minimum absolute atomic E-state index is 0.0122. The zero-order valence-electron chi connectivity index (χ0n) is 13.0. The maximum absolute atomic E-state index is 11.9. The van der Waals surface area contributed by atoms with E-state index in [0.717, 1.165) is 37.5 Å². The van der Waals surface area contributed by atoms with Crippen LogP contribution in [-0.4, -0.2) is 23.0 Å². The molecule has 1 rings (SSSR count). The van der Waals surface area contributed by atoms with Crippen molar-refractivity contribution in [1.82, 2.24) is 5.32 Å². The summed E-state index contributed by atoms with van der Waals surface area (Å²) in [5.41, 5.74) is 0. The summed E-state index contributed by atoms with van der Waals surface area (Å²) in [4.78, 5) is 22.7. The molecule has 1 aliphatic rings. The summed E-state index contributed by atoms with van der Waals surface area (Å²) in [5.74, 6) is 0.490. The molecule has 2 N–H and O–H groups in total. The second-order valence-electron chi connectivity index (χ2n) is 6.61. The van der Waals surface area contributed by atoms with Crippen molar-refractivity contribution in [3.05, 3.63) is 0 Å². The van der Waals surface area contributed by atoms with Gasteiger partial charge in [-0.1, -0.05) is 33.1 Å². The summed E-state index contributed by atoms with van der Waals surface area (Å²) >= 11 is 0. The van der Waals surface area contributed by atoms with Crippen LogP contribution in [0.3, 0.4) is 0 Å². The SMILES string of the molecule is CC(C)CCC[C@H]1CC[C@@H](C(=O)NC(C)C(=O)O)CC1. The molecule has 0 radical (unpaired) electrons. The number of carboxylic acids is 1. The van der Waals surface area contributed by atoms with Gasteiger partial charge in [-0.25, -0.2) is 0 Å². The van der Waals surface area contributed by atoms with Crippen LogP contribution in [0.2, 0.25) is 0 Å². The Labute approximate surface area is 122 Å². The van der Waals surface area contributed by atoms with E-state index in [9.17, 15) is 9.59 Å². The third kappa shape index (κ3) is 5.93. The van der Waals surface area contributed by atoms with Gasteiger partial charge in [-0.2, -0.15) is 0 Å². The number of nitrogens with one attached hydrogen (secondary N) is 1. The Hall–Kier alpha value is -1.06. The number of carbonyl (C=O) groups excluding carboxylic acids is 1. The standard InChI is InChI=1S/C16H29NO3/c1-11(2)5-4-6-13-7-9-14(10-8-13)15(18)17-12(3)16(19)20/h11-14H,4-10H2,1-3H3,(H,17,18)(H,19,20)/t12?,13-,14+. The Morgan fingerprint density at radius 1 is 1.15 bits per heavy atom. The number of hydrogen-bond donors (Lipinski definition) is 2. The molecule has 116 valence electrons. The van der Waals surface area contributed by atoms with Crippen LogP contribution >= 0.6 is 0 Å². The fourth-order valence-corrected chi connectivity index (χ4v) is 2.92. The molecule has 0 aromatic carbocycles. The second kappa shape index (κ2) is 8.28. The van der Waals surface area contributed by atoms with E-state index in [4.69, 9.17) is 5.11 Å². The molecule has 1 unspecified atom stereocenters. The quantitative estimate of drug-likeness (QED) is 0.754. The van der Waals surface area contributed by atoms with E-state index >= 15 is 0 Å². The predicted octanol–water partition coefficient (Wildman–Crippen LogP) is 3.21. The van der Waals surface area contributed by atoms with E-state index in [2.05, 4.69) is 19.2 Å². The van der Waals surface area contributed by atoms with E-state index in [1.165, 1.54) is 26.2 Å². The Morgan fingerprint density at radius 3 is 2.25 bits per heavy atom. The van der Waals surface area contributed by atoms with Crippen LogP contribution < -0.4 is 5.32 Å². The Kier molecular flexibility index (Phi) is 7.03. The number of carbonyl (C=O) groups is 2. The molecule has 0 heterocycles. The third-order valence-corrected chi connectivity index (χ3v) is 4.34. The van der Waals surface area contributed by atoms with Gasteiger partial charge in [-0.15, -0.1) is 0 Å². The minimum atomic E-state index is -0.972. The number of amides is 1. The molecule has 0 saturated heterocycles. The van der Waals surface area contributed by atoms with Gasteiger partial charge in [0.1, 0.15) is 6.04 Å². The number of rotatable bonds is 7. The topological polar surface area (TPSA) is 66.4 Å². The molecule has 0 spiro atoms. The van der Waals surface area contributed by atoms with Gasteiger partial charge >= 0.3 is 5.97 Å². The molecule has 4 nitrogen and oxygen atoms in total. The highest BCUT2D eigenvalue weighted by Crippen LogP contribution is 2.32. The summed E-state index contributed by atoms with van der Waals surface area (Å²) in [5, 5.41) is 11.4. The highest BCUT2D eigenvalue weighted by molar-refractivity contribution is 5.84. The van der Waals surface area contributed by atoms with Gasteiger partial charge in [0.05, 0.1) is 0 Å². The molecule has 1 saturated carbocycles. The lowest BCUT2D eigenvalue weighted by Gasteiger charge is -2.28. The molecular weight excluding hydrogens is 254 g/mol. The van der Waals surface area contributed by atoms with Gasteiger partial charge in [0.15, 0.2) is 0 Å². The third-order valence-electron chi connectivity index (χ3n) is 4.34. The lowest BCUT2D eigenvalue weighted by molar-refractivity contribution is -0.142. The smallest absolute Gasteiger partial charge is 0.325 e. The van der Waals surface area contributed by atoms with E-state index in [0.29, 0.717) is 0 Å². The Bertz CT molecular complexity index is 320. The number of aliphatic carboxylic acids is 1. The molecule has 1 fully saturated rings. The van der Waals surface area contributed by atoms with Gasteiger partial charge in [-0.05, 0) is 44.4 Å². The van der Waals surface area contributed by atoms with Crippen molar-refractivity contribution >= 4 is 11.9 Å². The first-order chi connectivity index (χ1) is 9.40. The zero-order chi connectivity index (χ0) is 15.1. The molecule has 1 atom stereocenters. The van der Waals surface area contributed by atoms with Crippen molar-refractivity contribution in [1.29, 1.82) is 0 Å². The maximum Gasteiger partial charge on any atom is 0.325 e. The second-order valence-corrected chi connectivity index (χ2v) is 6.61. The van der Waals surface area contributed by atoms with Crippen molar-refractivity contribution < 1.29 is 14.7 Å².